The fourth-order valence-corrected chi connectivity index (χ4v) is 1.77. The van der Waals surface area contributed by atoms with Crippen LogP contribution < -0.4 is 0 Å². The predicted octanol–water partition coefficient (Wildman–Crippen LogP) is 1.66. The van der Waals surface area contributed by atoms with Gasteiger partial charge in [0.1, 0.15) is 0 Å². The van der Waals surface area contributed by atoms with Crippen LogP contribution in [-0.2, 0) is 4.79 Å². The van der Waals surface area contributed by atoms with Crippen LogP contribution in [0.3, 0.4) is 0 Å². The maximum absolute atomic E-state index is 11.4. The van der Waals surface area contributed by atoms with Crippen LogP contribution in [0, 0.1) is 17.8 Å². The molecule has 0 bridgehead atoms. The Labute approximate surface area is 80.3 Å². The SMILES string of the molecule is CC#CC(=O)N1CCCC(CC)C1. The third kappa shape index (κ3) is 2.77. The number of rotatable bonds is 1. The van der Waals surface area contributed by atoms with Crippen molar-refractivity contribution in [1.29, 1.82) is 0 Å². The second kappa shape index (κ2) is 4.91. The zero-order chi connectivity index (χ0) is 9.68. The van der Waals surface area contributed by atoms with Crippen molar-refractivity contribution in [3.05, 3.63) is 0 Å². The molecule has 1 saturated heterocycles. The molecule has 0 N–H and O–H groups in total. The molecule has 1 amide bonds. The van der Waals surface area contributed by atoms with E-state index in [9.17, 15) is 4.79 Å². The van der Waals surface area contributed by atoms with E-state index in [0.29, 0.717) is 5.92 Å². The van der Waals surface area contributed by atoms with Crippen molar-refractivity contribution in [1.82, 2.24) is 4.90 Å². The molecule has 13 heavy (non-hydrogen) atoms. The first-order valence-corrected chi connectivity index (χ1v) is 4.99. The van der Waals surface area contributed by atoms with Gasteiger partial charge in [0, 0.05) is 13.1 Å². The van der Waals surface area contributed by atoms with E-state index in [1.165, 1.54) is 12.8 Å². The number of piperidine rings is 1. The minimum Gasteiger partial charge on any atom is -0.332 e. The summed E-state index contributed by atoms with van der Waals surface area (Å²) in [5, 5.41) is 0. The largest absolute Gasteiger partial charge is 0.332 e. The summed E-state index contributed by atoms with van der Waals surface area (Å²) in [6.45, 7) is 5.69. The highest BCUT2D eigenvalue weighted by atomic mass is 16.2. The molecule has 0 aromatic heterocycles. The number of hydrogen-bond donors (Lipinski definition) is 0. The first kappa shape index (κ1) is 10.1. The Morgan fingerprint density at radius 1 is 1.62 bits per heavy atom. The number of nitrogens with zero attached hydrogens (tertiary/aromatic N) is 1. The summed E-state index contributed by atoms with van der Waals surface area (Å²) in [6, 6.07) is 0. The molecular weight excluding hydrogens is 162 g/mol. The lowest BCUT2D eigenvalue weighted by molar-refractivity contribution is -0.126. The summed E-state index contributed by atoms with van der Waals surface area (Å²) in [4.78, 5) is 13.3. The van der Waals surface area contributed by atoms with Gasteiger partial charge in [0.15, 0.2) is 0 Å². The number of likely N-dealkylation sites (tertiary alicyclic amines) is 1. The van der Waals surface area contributed by atoms with Gasteiger partial charge < -0.3 is 4.90 Å². The highest BCUT2D eigenvalue weighted by Gasteiger charge is 2.20. The van der Waals surface area contributed by atoms with E-state index in [1.54, 1.807) is 6.92 Å². The Hall–Kier alpha value is -0.970. The average molecular weight is 179 g/mol. The molecule has 0 saturated carbocycles. The summed E-state index contributed by atoms with van der Waals surface area (Å²) >= 11 is 0. The van der Waals surface area contributed by atoms with E-state index in [0.717, 1.165) is 19.5 Å². The van der Waals surface area contributed by atoms with Gasteiger partial charge in [0.05, 0.1) is 0 Å². The molecular formula is C11H17NO. The van der Waals surface area contributed by atoms with Gasteiger partial charge in [-0.15, -0.1) is 0 Å². The molecule has 1 heterocycles. The van der Waals surface area contributed by atoms with E-state index in [4.69, 9.17) is 0 Å². The number of carbonyl (C=O) groups excluding carboxylic acids is 1. The monoisotopic (exact) mass is 179 g/mol. The molecule has 2 heteroatoms. The molecule has 1 fully saturated rings. The van der Waals surface area contributed by atoms with Gasteiger partial charge in [-0.3, -0.25) is 4.79 Å². The number of carbonyl (C=O) groups is 1. The molecule has 0 aromatic carbocycles. The van der Waals surface area contributed by atoms with Gasteiger partial charge >= 0.3 is 0 Å². The Bertz CT molecular complexity index is 236. The van der Waals surface area contributed by atoms with Gasteiger partial charge in [0.25, 0.3) is 5.91 Å². The van der Waals surface area contributed by atoms with Crippen molar-refractivity contribution in [2.24, 2.45) is 5.92 Å². The quantitative estimate of drug-likeness (QED) is 0.561. The molecule has 1 unspecified atom stereocenters. The van der Waals surface area contributed by atoms with E-state index in [2.05, 4.69) is 18.8 Å². The van der Waals surface area contributed by atoms with E-state index >= 15 is 0 Å². The lowest BCUT2D eigenvalue weighted by Gasteiger charge is -2.30. The highest BCUT2D eigenvalue weighted by Crippen LogP contribution is 2.18. The van der Waals surface area contributed by atoms with Crippen LogP contribution >= 0.6 is 0 Å². The van der Waals surface area contributed by atoms with Gasteiger partial charge in [-0.2, -0.15) is 0 Å². The molecule has 2 nitrogen and oxygen atoms in total. The summed E-state index contributed by atoms with van der Waals surface area (Å²) < 4.78 is 0. The van der Waals surface area contributed by atoms with Crippen LogP contribution in [0.4, 0.5) is 0 Å². The maximum Gasteiger partial charge on any atom is 0.298 e. The van der Waals surface area contributed by atoms with Gasteiger partial charge in [-0.25, -0.2) is 0 Å². The Balaban J connectivity index is 2.49. The Morgan fingerprint density at radius 3 is 3.00 bits per heavy atom. The molecule has 72 valence electrons. The van der Waals surface area contributed by atoms with E-state index in [1.807, 2.05) is 4.90 Å². The molecule has 1 aliphatic rings. The minimum absolute atomic E-state index is 0.000602. The maximum atomic E-state index is 11.4. The lowest BCUT2D eigenvalue weighted by atomic mass is 9.96. The van der Waals surface area contributed by atoms with Crippen LogP contribution in [0.15, 0.2) is 0 Å². The molecule has 0 spiro atoms. The van der Waals surface area contributed by atoms with Crippen LogP contribution in [0.2, 0.25) is 0 Å². The van der Waals surface area contributed by atoms with Crippen LogP contribution in [-0.4, -0.2) is 23.9 Å². The number of hydrogen-bond acceptors (Lipinski definition) is 1. The normalized spacial score (nSPS) is 22.0. The average Bonchev–Trinajstić information content (AvgIpc) is 2.18. The second-order valence-corrected chi connectivity index (χ2v) is 3.54. The molecule has 1 rings (SSSR count). The first-order valence-electron chi connectivity index (χ1n) is 4.99. The first-order chi connectivity index (χ1) is 6.27. The topological polar surface area (TPSA) is 20.3 Å². The van der Waals surface area contributed by atoms with Gasteiger partial charge in [0.2, 0.25) is 0 Å². The van der Waals surface area contributed by atoms with Crippen molar-refractivity contribution < 1.29 is 4.79 Å². The van der Waals surface area contributed by atoms with Crippen molar-refractivity contribution in [2.45, 2.75) is 33.1 Å². The smallest absolute Gasteiger partial charge is 0.298 e. The minimum atomic E-state index is 0.000602. The fourth-order valence-electron chi connectivity index (χ4n) is 1.77. The van der Waals surface area contributed by atoms with E-state index < -0.39 is 0 Å². The summed E-state index contributed by atoms with van der Waals surface area (Å²) in [6.07, 6.45) is 3.57. The second-order valence-electron chi connectivity index (χ2n) is 3.54. The predicted molar refractivity (Wildman–Crippen MR) is 53.0 cm³/mol. The van der Waals surface area contributed by atoms with Crippen molar-refractivity contribution in [2.75, 3.05) is 13.1 Å². The summed E-state index contributed by atoms with van der Waals surface area (Å²) in [5.74, 6) is 5.94. The lowest BCUT2D eigenvalue weighted by Crippen LogP contribution is -2.39. The van der Waals surface area contributed by atoms with Gasteiger partial charge in [-0.05, 0) is 31.6 Å². The Kier molecular flexibility index (Phi) is 3.82. The number of amides is 1. The molecule has 1 aliphatic heterocycles. The third-order valence-electron chi connectivity index (χ3n) is 2.62. The highest BCUT2D eigenvalue weighted by molar-refractivity contribution is 5.93. The Morgan fingerprint density at radius 2 is 2.38 bits per heavy atom. The van der Waals surface area contributed by atoms with Crippen LogP contribution in [0.25, 0.3) is 0 Å². The van der Waals surface area contributed by atoms with Crippen molar-refractivity contribution in [3.8, 4) is 11.8 Å². The van der Waals surface area contributed by atoms with Gasteiger partial charge in [-0.1, -0.05) is 19.3 Å². The molecule has 0 aliphatic carbocycles. The van der Waals surface area contributed by atoms with Crippen LogP contribution in [0.5, 0.6) is 0 Å². The molecule has 0 radical (unpaired) electrons. The van der Waals surface area contributed by atoms with E-state index in [-0.39, 0.29) is 5.91 Å². The fraction of sp³-hybridized carbons (Fsp3) is 0.727. The standard InChI is InChI=1S/C11H17NO/c1-3-6-11(13)12-8-5-7-10(4-2)9-12/h10H,4-5,7-9H2,1-2H3. The summed E-state index contributed by atoms with van der Waals surface area (Å²) in [5.41, 5.74) is 0. The zero-order valence-corrected chi connectivity index (χ0v) is 8.47. The van der Waals surface area contributed by atoms with Crippen molar-refractivity contribution in [3.63, 3.8) is 0 Å². The third-order valence-corrected chi connectivity index (χ3v) is 2.62. The molecule has 1 atom stereocenters. The van der Waals surface area contributed by atoms with Crippen molar-refractivity contribution >= 4 is 5.91 Å². The van der Waals surface area contributed by atoms with Crippen LogP contribution in [0.1, 0.15) is 33.1 Å². The summed E-state index contributed by atoms with van der Waals surface area (Å²) in [7, 11) is 0. The molecule has 0 aromatic rings. The zero-order valence-electron chi connectivity index (χ0n) is 8.47.